The van der Waals surface area contributed by atoms with Crippen LogP contribution in [0.25, 0.3) is 0 Å². The number of rotatable bonds is 1. The van der Waals surface area contributed by atoms with Crippen LogP contribution in [0.5, 0.6) is 0 Å². The van der Waals surface area contributed by atoms with Crippen LogP contribution in [-0.2, 0) is 4.74 Å². The molecule has 116 valence electrons. The van der Waals surface area contributed by atoms with E-state index in [0.717, 1.165) is 6.42 Å². The summed E-state index contributed by atoms with van der Waals surface area (Å²) in [6.45, 7) is 11.4. The third-order valence-electron chi connectivity index (χ3n) is 5.76. The first-order valence-corrected chi connectivity index (χ1v) is 7.25. The number of hydrogen-bond acceptors (Lipinski definition) is 4. The summed E-state index contributed by atoms with van der Waals surface area (Å²) in [6, 6.07) is 0. The van der Waals surface area contributed by atoms with Crippen molar-refractivity contribution in [3.63, 3.8) is 0 Å². The maximum absolute atomic E-state index is 12.1. The van der Waals surface area contributed by atoms with Gasteiger partial charge in [-0.3, -0.25) is 0 Å². The fourth-order valence-electron chi connectivity index (χ4n) is 4.02. The van der Waals surface area contributed by atoms with Crippen molar-refractivity contribution in [2.75, 3.05) is 0 Å². The fourth-order valence-corrected chi connectivity index (χ4v) is 4.02. The normalized spacial score (nSPS) is 42.6. The van der Waals surface area contributed by atoms with Crippen molar-refractivity contribution in [2.45, 2.75) is 77.7 Å². The van der Waals surface area contributed by atoms with E-state index in [1.165, 1.54) is 0 Å². The number of aliphatic hydroxyl groups excluding tert-OH is 2. The van der Waals surface area contributed by atoms with Gasteiger partial charge in [0.05, 0.1) is 11.6 Å². The Morgan fingerprint density at radius 2 is 1.70 bits per heavy atom. The Kier molecular flexibility index (Phi) is 3.20. The van der Waals surface area contributed by atoms with E-state index in [0.29, 0.717) is 6.42 Å². The average Bonchev–Trinajstić information content (AvgIpc) is 2.50. The van der Waals surface area contributed by atoms with E-state index >= 15 is 0 Å². The highest BCUT2D eigenvalue weighted by Crippen LogP contribution is 2.67. The lowest BCUT2D eigenvalue weighted by Crippen LogP contribution is -2.61. The molecule has 2 rings (SSSR count). The second kappa shape index (κ2) is 4.10. The molecule has 2 saturated carbocycles. The van der Waals surface area contributed by atoms with E-state index in [2.05, 4.69) is 5.32 Å². The lowest BCUT2D eigenvalue weighted by Gasteiger charge is -2.42. The van der Waals surface area contributed by atoms with Gasteiger partial charge in [-0.1, -0.05) is 20.8 Å². The minimum Gasteiger partial charge on any atom is -0.444 e. The predicted molar refractivity (Wildman–Crippen MR) is 75.2 cm³/mol. The highest BCUT2D eigenvalue weighted by atomic mass is 16.6. The van der Waals surface area contributed by atoms with Gasteiger partial charge in [-0.05, 0) is 39.0 Å². The number of alkyl carbamates (subject to hydrolysis) is 1. The van der Waals surface area contributed by atoms with Gasteiger partial charge in [-0.15, -0.1) is 0 Å². The molecule has 0 heterocycles. The SMILES string of the molecule is CC(C)(C)OC(=O)NC12CCC(C)(C(O)C1O)C2(C)C. The summed E-state index contributed by atoms with van der Waals surface area (Å²) < 4.78 is 5.31. The van der Waals surface area contributed by atoms with Gasteiger partial charge >= 0.3 is 6.09 Å². The van der Waals surface area contributed by atoms with Crippen LogP contribution in [-0.4, -0.2) is 39.7 Å². The highest BCUT2D eigenvalue weighted by Gasteiger charge is 2.74. The van der Waals surface area contributed by atoms with Gasteiger partial charge in [0.2, 0.25) is 0 Å². The molecule has 5 heteroatoms. The third kappa shape index (κ3) is 1.79. The van der Waals surface area contributed by atoms with Gasteiger partial charge < -0.3 is 20.3 Å². The molecule has 3 N–H and O–H groups in total. The maximum Gasteiger partial charge on any atom is 0.408 e. The number of fused-ring (bicyclic) bond motifs is 2. The Morgan fingerprint density at radius 3 is 2.10 bits per heavy atom. The molecule has 20 heavy (non-hydrogen) atoms. The number of carbonyl (C=O) groups is 1. The molecule has 0 saturated heterocycles. The molecule has 0 aromatic heterocycles. The maximum atomic E-state index is 12.1. The summed E-state index contributed by atoms with van der Waals surface area (Å²) in [4.78, 5) is 12.1. The number of ether oxygens (including phenoxy) is 1. The second-order valence-electron chi connectivity index (χ2n) is 8.03. The van der Waals surface area contributed by atoms with Crippen molar-refractivity contribution < 1.29 is 19.7 Å². The molecule has 0 aromatic rings. The molecule has 0 aromatic carbocycles. The first kappa shape index (κ1) is 15.6. The van der Waals surface area contributed by atoms with Crippen LogP contribution in [0.1, 0.15) is 54.4 Å². The Labute approximate surface area is 120 Å². The number of amides is 1. The first-order chi connectivity index (χ1) is 8.87. The van der Waals surface area contributed by atoms with Crippen LogP contribution in [0.4, 0.5) is 4.79 Å². The molecule has 2 aliphatic carbocycles. The molecule has 1 amide bonds. The molecule has 4 atom stereocenters. The van der Waals surface area contributed by atoms with Crippen LogP contribution < -0.4 is 5.32 Å². The average molecular weight is 285 g/mol. The topological polar surface area (TPSA) is 78.8 Å². The summed E-state index contributed by atoms with van der Waals surface area (Å²) in [5.41, 5.74) is -2.23. The van der Waals surface area contributed by atoms with Crippen molar-refractivity contribution in [3.8, 4) is 0 Å². The smallest absolute Gasteiger partial charge is 0.408 e. The number of nitrogens with one attached hydrogen (secondary N) is 1. The number of carbonyl (C=O) groups excluding carboxylic acids is 1. The van der Waals surface area contributed by atoms with Gasteiger partial charge in [0.15, 0.2) is 0 Å². The van der Waals surface area contributed by atoms with E-state index in [9.17, 15) is 15.0 Å². The van der Waals surface area contributed by atoms with Crippen molar-refractivity contribution >= 4 is 6.09 Å². The van der Waals surface area contributed by atoms with E-state index in [-0.39, 0.29) is 0 Å². The second-order valence-corrected chi connectivity index (χ2v) is 8.03. The monoisotopic (exact) mass is 285 g/mol. The van der Waals surface area contributed by atoms with Gasteiger partial charge in [0.1, 0.15) is 11.7 Å². The Bertz CT molecular complexity index is 428. The van der Waals surface area contributed by atoms with Crippen molar-refractivity contribution in [2.24, 2.45) is 10.8 Å². The first-order valence-electron chi connectivity index (χ1n) is 7.25. The molecule has 5 nitrogen and oxygen atoms in total. The molecule has 0 spiro atoms. The lowest BCUT2D eigenvalue weighted by molar-refractivity contribution is -0.0598. The molecular formula is C15H27NO4. The van der Waals surface area contributed by atoms with Crippen molar-refractivity contribution in [3.05, 3.63) is 0 Å². The van der Waals surface area contributed by atoms with Crippen LogP contribution in [0.3, 0.4) is 0 Å². The fraction of sp³-hybridized carbons (Fsp3) is 0.933. The molecular weight excluding hydrogens is 258 g/mol. The van der Waals surface area contributed by atoms with Crippen LogP contribution >= 0.6 is 0 Å². The summed E-state index contributed by atoms with van der Waals surface area (Å²) in [5, 5.41) is 23.7. The van der Waals surface area contributed by atoms with E-state index in [1.54, 1.807) is 20.8 Å². The Hall–Kier alpha value is -0.810. The minimum atomic E-state index is -0.969. The third-order valence-corrected chi connectivity index (χ3v) is 5.76. The molecule has 2 bridgehead atoms. The largest absolute Gasteiger partial charge is 0.444 e. The molecule has 2 aliphatic rings. The zero-order chi connectivity index (χ0) is 15.6. The molecule has 0 radical (unpaired) electrons. The van der Waals surface area contributed by atoms with Gasteiger partial charge in [-0.2, -0.15) is 0 Å². The zero-order valence-electron chi connectivity index (χ0n) is 13.3. The zero-order valence-corrected chi connectivity index (χ0v) is 13.3. The van der Waals surface area contributed by atoms with Crippen molar-refractivity contribution in [1.82, 2.24) is 5.32 Å². The van der Waals surface area contributed by atoms with Crippen LogP contribution in [0.2, 0.25) is 0 Å². The predicted octanol–water partition coefficient (Wildman–Crippen LogP) is 1.81. The summed E-state index contributed by atoms with van der Waals surface area (Å²) in [6.07, 6.45) is -0.921. The summed E-state index contributed by atoms with van der Waals surface area (Å²) in [7, 11) is 0. The summed E-state index contributed by atoms with van der Waals surface area (Å²) >= 11 is 0. The summed E-state index contributed by atoms with van der Waals surface area (Å²) in [5.74, 6) is 0. The molecule has 4 unspecified atom stereocenters. The molecule has 0 aliphatic heterocycles. The van der Waals surface area contributed by atoms with Gasteiger partial charge in [-0.25, -0.2) is 4.79 Å². The van der Waals surface area contributed by atoms with Gasteiger partial charge in [0.25, 0.3) is 0 Å². The lowest BCUT2D eigenvalue weighted by atomic mass is 9.68. The van der Waals surface area contributed by atoms with E-state index < -0.39 is 40.3 Å². The van der Waals surface area contributed by atoms with Crippen molar-refractivity contribution in [1.29, 1.82) is 0 Å². The Balaban J connectivity index is 2.28. The van der Waals surface area contributed by atoms with Crippen LogP contribution in [0, 0.1) is 10.8 Å². The molecule has 2 fully saturated rings. The van der Waals surface area contributed by atoms with E-state index in [4.69, 9.17) is 4.74 Å². The van der Waals surface area contributed by atoms with Gasteiger partial charge in [0, 0.05) is 5.41 Å². The minimum absolute atomic E-state index is 0.401. The Morgan fingerprint density at radius 1 is 1.15 bits per heavy atom. The highest BCUT2D eigenvalue weighted by molar-refractivity contribution is 5.69. The number of aliphatic hydroxyl groups is 2. The standard InChI is InChI=1S/C15H27NO4/c1-12(2,3)20-11(19)16-15-8-7-14(6,13(15,4)5)9(17)10(15)18/h9-10,17-18H,7-8H2,1-6H3,(H,16,19). The van der Waals surface area contributed by atoms with Crippen LogP contribution in [0.15, 0.2) is 0 Å². The quantitative estimate of drug-likeness (QED) is 0.686. The van der Waals surface area contributed by atoms with E-state index in [1.807, 2.05) is 20.8 Å². The number of hydrogen-bond donors (Lipinski definition) is 3.